The summed E-state index contributed by atoms with van der Waals surface area (Å²) in [6.45, 7) is 0. The summed E-state index contributed by atoms with van der Waals surface area (Å²) in [5.74, 6) is -2.93. The molecule has 0 bridgehead atoms. The van der Waals surface area contributed by atoms with E-state index in [0.717, 1.165) is 7.11 Å². The molecule has 0 amide bonds. The summed E-state index contributed by atoms with van der Waals surface area (Å²) in [4.78, 5) is 21.1. The minimum atomic E-state index is -0.987. The Morgan fingerprint density at radius 3 is 2.50 bits per heavy atom. The number of ether oxygens (including phenoxy) is 1. The van der Waals surface area contributed by atoms with E-state index in [9.17, 15) is 18.4 Å². The van der Waals surface area contributed by atoms with Gasteiger partial charge in [0.15, 0.2) is 6.29 Å². The van der Waals surface area contributed by atoms with Gasteiger partial charge in [0.25, 0.3) is 0 Å². The van der Waals surface area contributed by atoms with Crippen LogP contribution in [-0.2, 0) is 4.74 Å². The van der Waals surface area contributed by atoms with Crippen LogP contribution in [0.1, 0.15) is 20.7 Å². The normalized spacial score (nSPS) is 9.64. The molecule has 0 aromatic heterocycles. The van der Waals surface area contributed by atoms with Gasteiger partial charge in [-0.2, -0.15) is 0 Å². The van der Waals surface area contributed by atoms with Crippen molar-refractivity contribution < 1.29 is 23.1 Å². The molecule has 0 aliphatic carbocycles. The van der Waals surface area contributed by atoms with Crippen molar-refractivity contribution in [2.45, 2.75) is 0 Å². The Bertz CT molecular complexity index is 388. The van der Waals surface area contributed by atoms with Crippen LogP contribution in [0.15, 0.2) is 12.1 Å². The molecule has 1 aromatic carbocycles. The van der Waals surface area contributed by atoms with Gasteiger partial charge in [0.05, 0.1) is 18.2 Å². The number of aldehydes is 1. The third-order valence-electron chi connectivity index (χ3n) is 1.62. The van der Waals surface area contributed by atoms with Gasteiger partial charge in [-0.1, -0.05) is 0 Å². The van der Waals surface area contributed by atoms with Crippen LogP contribution >= 0.6 is 0 Å². The third-order valence-corrected chi connectivity index (χ3v) is 1.62. The molecule has 0 spiro atoms. The van der Waals surface area contributed by atoms with E-state index in [0.29, 0.717) is 12.1 Å². The van der Waals surface area contributed by atoms with E-state index in [1.54, 1.807) is 0 Å². The SMILES string of the molecule is COC(=O)c1cc(F)c(C=O)cc1F. The Morgan fingerprint density at radius 2 is 2.00 bits per heavy atom. The first kappa shape index (κ1) is 10.3. The fourth-order valence-electron chi connectivity index (χ4n) is 0.919. The molecule has 5 heteroatoms. The molecule has 0 atom stereocenters. The van der Waals surface area contributed by atoms with Crippen molar-refractivity contribution >= 4 is 12.3 Å². The minimum absolute atomic E-state index is 0.166. The van der Waals surface area contributed by atoms with E-state index in [1.807, 2.05) is 0 Å². The summed E-state index contributed by atoms with van der Waals surface area (Å²) in [5.41, 5.74) is -0.967. The Kier molecular flexibility index (Phi) is 2.91. The van der Waals surface area contributed by atoms with Gasteiger partial charge in [-0.05, 0) is 12.1 Å². The highest BCUT2D eigenvalue weighted by molar-refractivity contribution is 5.90. The molecule has 14 heavy (non-hydrogen) atoms. The molecule has 0 unspecified atom stereocenters. The zero-order valence-electron chi connectivity index (χ0n) is 7.21. The molecule has 0 saturated heterocycles. The summed E-state index contributed by atoms with van der Waals surface area (Å²) in [6, 6.07) is 1.28. The van der Waals surface area contributed by atoms with Crippen molar-refractivity contribution in [1.29, 1.82) is 0 Å². The number of carbonyl (C=O) groups excluding carboxylic acids is 2. The predicted molar refractivity (Wildman–Crippen MR) is 43.1 cm³/mol. The molecular weight excluding hydrogens is 194 g/mol. The number of hydrogen-bond acceptors (Lipinski definition) is 3. The lowest BCUT2D eigenvalue weighted by Gasteiger charge is -2.02. The largest absolute Gasteiger partial charge is 0.465 e. The highest BCUT2D eigenvalue weighted by Crippen LogP contribution is 2.14. The Hall–Kier alpha value is -1.78. The number of methoxy groups -OCH3 is 1. The second-order valence-corrected chi connectivity index (χ2v) is 2.46. The topological polar surface area (TPSA) is 43.4 Å². The van der Waals surface area contributed by atoms with Crippen molar-refractivity contribution in [3.63, 3.8) is 0 Å². The van der Waals surface area contributed by atoms with Crippen LogP contribution in [0.4, 0.5) is 8.78 Å². The fourth-order valence-corrected chi connectivity index (χ4v) is 0.919. The Morgan fingerprint density at radius 1 is 1.36 bits per heavy atom. The van der Waals surface area contributed by atoms with Crippen molar-refractivity contribution in [2.24, 2.45) is 0 Å². The molecule has 0 aliphatic rings. The number of rotatable bonds is 2. The predicted octanol–water partition coefficient (Wildman–Crippen LogP) is 1.56. The quantitative estimate of drug-likeness (QED) is 0.537. The molecule has 0 N–H and O–H groups in total. The lowest BCUT2D eigenvalue weighted by Crippen LogP contribution is -2.06. The smallest absolute Gasteiger partial charge is 0.340 e. The monoisotopic (exact) mass is 200 g/mol. The molecule has 0 heterocycles. The van der Waals surface area contributed by atoms with Crippen molar-refractivity contribution in [2.75, 3.05) is 7.11 Å². The fraction of sp³-hybridized carbons (Fsp3) is 0.111. The summed E-state index contributed by atoms with van der Waals surface area (Å²) in [7, 11) is 1.05. The van der Waals surface area contributed by atoms with E-state index < -0.39 is 28.7 Å². The lowest BCUT2D eigenvalue weighted by atomic mass is 10.1. The average Bonchev–Trinajstić information content (AvgIpc) is 2.19. The first-order valence-corrected chi connectivity index (χ1v) is 3.62. The van der Waals surface area contributed by atoms with E-state index >= 15 is 0 Å². The second-order valence-electron chi connectivity index (χ2n) is 2.46. The van der Waals surface area contributed by atoms with Crippen LogP contribution in [0.25, 0.3) is 0 Å². The van der Waals surface area contributed by atoms with Gasteiger partial charge >= 0.3 is 5.97 Å². The van der Waals surface area contributed by atoms with Gasteiger partial charge < -0.3 is 4.74 Å². The number of esters is 1. The molecule has 0 fully saturated rings. The Balaban J connectivity index is 3.28. The van der Waals surface area contributed by atoms with Crippen LogP contribution in [0.3, 0.4) is 0 Å². The molecule has 0 radical (unpaired) electrons. The van der Waals surface area contributed by atoms with Gasteiger partial charge in [0.1, 0.15) is 11.6 Å². The van der Waals surface area contributed by atoms with Crippen molar-refractivity contribution in [3.8, 4) is 0 Å². The molecule has 74 valence electrons. The lowest BCUT2D eigenvalue weighted by molar-refractivity contribution is 0.0594. The van der Waals surface area contributed by atoms with Crippen LogP contribution in [0.2, 0.25) is 0 Å². The molecule has 3 nitrogen and oxygen atoms in total. The van der Waals surface area contributed by atoms with Crippen LogP contribution < -0.4 is 0 Å². The van der Waals surface area contributed by atoms with E-state index in [1.165, 1.54) is 0 Å². The maximum atomic E-state index is 13.0. The van der Waals surface area contributed by atoms with Gasteiger partial charge in [-0.3, -0.25) is 4.79 Å². The molecule has 0 aliphatic heterocycles. The van der Waals surface area contributed by atoms with Crippen molar-refractivity contribution in [3.05, 3.63) is 34.9 Å². The summed E-state index contributed by atoms with van der Waals surface area (Å²) < 4.78 is 30.2. The van der Waals surface area contributed by atoms with Crippen LogP contribution in [0.5, 0.6) is 0 Å². The van der Waals surface area contributed by atoms with Crippen LogP contribution in [0, 0.1) is 11.6 Å². The summed E-state index contributed by atoms with van der Waals surface area (Å²) in [5, 5.41) is 0. The first-order valence-electron chi connectivity index (χ1n) is 3.62. The first-order chi connectivity index (χ1) is 6.60. The highest BCUT2D eigenvalue weighted by atomic mass is 19.1. The number of benzene rings is 1. The standard InChI is InChI=1S/C9H6F2O3/c1-14-9(13)6-3-7(10)5(4-12)2-8(6)11/h2-4H,1H3. The average molecular weight is 200 g/mol. The number of carbonyl (C=O) groups is 2. The molecule has 1 aromatic rings. The molecular formula is C9H6F2O3. The van der Waals surface area contributed by atoms with Gasteiger partial charge in [-0.15, -0.1) is 0 Å². The number of halogens is 2. The molecule has 0 saturated carbocycles. The van der Waals surface area contributed by atoms with Gasteiger partial charge in [0, 0.05) is 0 Å². The highest BCUT2D eigenvalue weighted by Gasteiger charge is 2.15. The third kappa shape index (κ3) is 1.76. The second kappa shape index (κ2) is 3.95. The maximum Gasteiger partial charge on any atom is 0.340 e. The number of hydrogen-bond donors (Lipinski definition) is 0. The van der Waals surface area contributed by atoms with E-state index in [4.69, 9.17) is 0 Å². The van der Waals surface area contributed by atoms with Gasteiger partial charge in [-0.25, -0.2) is 13.6 Å². The van der Waals surface area contributed by atoms with Crippen LogP contribution in [-0.4, -0.2) is 19.4 Å². The Labute approximate surface area is 78.3 Å². The van der Waals surface area contributed by atoms with Crippen molar-refractivity contribution in [1.82, 2.24) is 0 Å². The zero-order chi connectivity index (χ0) is 10.7. The van der Waals surface area contributed by atoms with E-state index in [2.05, 4.69) is 4.74 Å². The van der Waals surface area contributed by atoms with Gasteiger partial charge in [0.2, 0.25) is 0 Å². The molecule has 1 rings (SSSR count). The van der Waals surface area contributed by atoms with E-state index in [-0.39, 0.29) is 6.29 Å². The summed E-state index contributed by atoms with van der Waals surface area (Å²) in [6.07, 6.45) is 0.166. The minimum Gasteiger partial charge on any atom is -0.465 e. The summed E-state index contributed by atoms with van der Waals surface area (Å²) >= 11 is 0. The maximum absolute atomic E-state index is 13.0. The zero-order valence-corrected chi connectivity index (χ0v) is 7.21.